The highest BCUT2D eigenvalue weighted by Crippen LogP contribution is 2.22. The van der Waals surface area contributed by atoms with Crippen molar-refractivity contribution in [3.05, 3.63) is 28.6 Å². The van der Waals surface area contributed by atoms with E-state index in [1.807, 2.05) is 0 Å². The number of esters is 1. The lowest BCUT2D eigenvalue weighted by molar-refractivity contribution is -0.384. The van der Waals surface area contributed by atoms with Gasteiger partial charge in [-0.2, -0.15) is 0 Å². The van der Waals surface area contributed by atoms with E-state index < -0.39 is 16.9 Å². The number of carbonyl (C=O) groups excluding carboxylic acids is 1. The fraction of sp³-hybridized carbons (Fsp3) is 0.333. The van der Waals surface area contributed by atoms with Crippen LogP contribution in [0.4, 0.5) is 11.4 Å². The average Bonchev–Trinajstić information content (AvgIpc) is 2.28. The molecule has 0 aliphatic carbocycles. The minimum atomic E-state index is -0.661. The van der Waals surface area contributed by atoms with Crippen LogP contribution in [0, 0.1) is 10.1 Å². The number of hydrogen-bond donors (Lipinski definition) is 1. The molecule has 1 N–H and O–H groups in total. The Balaban J connectivity index is 2.88. The van der Waals surface area contributed by atoms with Crippen LogP contribution in [0.3, 0.4) is 0 Å². The van der Waals surface area contributed by atoms with Crippen LogP contribution < -0.4 is 5.32 Å². The van der Waals surface area contributed by atoms with Gasteiger partial charge in [0.15, 0.2) is 0 Å². The molecule has 0 fully saturated rings. The second kappa shape index (κ2) is 5.06. The molecule has 1 heterocycles. The average molecular weight is 225 g/mol. The molecule has 0 aliphatic heterocycles. The second-order valence-electron chi connectivity index (χ2n) is 3.04. The minimum absolute atomic E-state index is 0.182. The third-order valence-corrected chi connectivity index (χ3v) is 1.92. The summed E-state index contributed by atoms with van der Waals surface area (Å²) >= 11 is 0. The zero-order chi connectivity index (χ0) is 12.1. The maximum absolute atomic E-state index is 11.1. The van der Waals surface area contributed by atoms with E-state index in [-0.39, 0.29) is 11.4 Å². The first-order valence-corrected chi connectivity index (χ1v) is 4.49. The van der Waals surface area contributed by atoms with Gasteiger partial charge in [0.05, 0.1) is 12.0 Å². The molecule has 1 rings (SSSR count). The van der Waals surface area contributed by atoms with Crippen LogP contribution in [0.25, 0.3) is 0 Å². The van der Waals surface area contributed by atoms with Crippen molar-refractivity contribution in [3.8, 4) is 0 Å². The number of anilines is 1. The molecular formula is C9H11N3O4. The molecule has 0 spiro atoms. The molecule has 1 unspecified atom stereocenters. The molecule has 1 atom stereocenters. The van der Waals surface area contributed by atoms with Gasteiger partial charge in [-0.3, -0.25) is 15.1 Å². The maximum Gasteiger partial charge on any atom is 0.327 e. The number of nitro groups is 1. The summed E-state index contributed by atoms with van der Waals surface area (Å²) in [4.78, 5) is 24.9. The van der Waals surface area contributed by atoms with Crippen LogP contribution in [0.1, 0.15) is 6.92 Å². The van der Waals surface area contributed by atoms with Crippen molar-refractivity contribution >= 4 is 17.3 Å². The van der Waals surface area contributed by atoms with E-state index in [0.29, 0.717) is 0 Å². The zero-order valence-electron chi connectivity index (χ0n) is 8.84. The Kier molecular flexibility index (Phi) is 3.76. The second-order valence-corrected chi connectivity index (χ2v) is 3.04. The summed E-state index contributed by atoms with van der Waals surface area (Å²) in [6.07, 6.45) is 2.52. The number of hydrogen-bond acceptors (Lipinski definition) is 6. The van der Waals surface area contributed by atoms with E-state index in [0.717, 1.165) is 6.20 Å². The smallest absolute Gasteiger partial charge is 0.327 e. The summed E-state index contributed by atoms with van der Waals surface area (Å²) in [5.74, 6) is -0.494. The van der Waals surface area contributed by atoms with Crippen molar-refractivity contribution in [1.29, 1.82) is 0 Å². The lowest BCUT2D eigenvalue weighted by Gasteiger charge is -2.12. The van der Waals surface area contributed by atoms with Gasteiger partial charge in [-0.1, -0.05) is 0 Å². The Hall–Kier alpha value is -2.18. The van der Waals surface area contributed by atoms with Gasteiger partial charge in [0.1, 0.15) is 17.9 Å². The first-order valence-electron chi connectivity index (χ1n) is 4.49. The van der Waals surface area contributed by atoms with Gasteiger partial charge in [0.25, 0.3) is 0 Å². The third-order valence-electron chi connectivity index (χ3n) is 1.92. The van der Waals surface area contributed by atoms with E-state index >= 15 is 0 Å². The molecule has 1 aromatic heterocycles. The summed E-state index contributed by atoms with van der Waals surface area (Å²) in [5.41, 5.74) is 0.0520. The number of pyridine rings is 1. The number of methoxy groups -OCH3 is 1. The first-order chi connectivity index (χ1) is 7.56. The van der Waals surface area contributed by atoms with Crippen LogP contribution in [0.2, 0.25) is 0 Å². The lowest BCUT2D eigenvalue weighted by atomic mass is 10.3. The number of carbonyl (C=O) groups is 1. The van der Waals surface area contributed by atoms with Crippen molar-refractivity contribution in [2.75, 3.05) is 12.4 Å². The summed E-state index contributed by atoms with van der Waals surface area (Å²) < 4.78 is 4.50. The Bertz CT molecular complexity index is 407. The highest BCUT2D eigenvalue weighted by atomic mass is 16.6. The van der Waals surface area contributed by atoms with E-state index in [1.54, 1.807) is 6.92 Å². The van der Waals surface area contributed by atoms with Crippen LogP contribution in [0.5, 0.6) is 0 Å². The van der Waals surface area contributed by atoms with E-state index in [2.05, 4.69) is 15.0 Å². The SMILES string of the molecule is COC(=O)C(C)Nc1ccncc1[N+](=O)[O-]. The van der Waals surface area contributed by atoms with Crippen LogP contribution >= 0.6 is 0 Å². The number of rotatable bonds is 4. The summed E-state index contributed by atoms with van der Waals surface area (Å²) in [7, 11) is 1.25. The first kappa shape index (κ1) is 11.9. The topological polar surface area (TPSA) is 94.4 Å². The summed E-state index contributed by atoms with van der Waals surface area (Å²) in [6.45, 7) is 1.55. The number of ether oxygens (including phenoxy) is 1. The molecule has 0 amide bonds. The molecule has 16 heavy (non-hydrogen) atoms. The maximum atomic E-state index is 11.1. The van der Waals surface area contributed by atoms with Crippen LogP contribution in [-0.4, -0.2) is 29.0 Å². The van der Waals surface area contributed by atoms with Gasteiger partial charge in [-0.05, 0) is 13.0 Å². The molecule has 0 aliphatic rings. The molecule has 0 radical (unpaired) electrons. The van der Waals surface area contributed by atoms with E-state index in [1.165, 1.54) is 19.4 Å². The minimum Gasteiger partial charge on any atom is -0.467 e. The predicted octanol–water partition coefficient (Wildman–Crippen LogP) is 0.963. The van der Waals surface area contributed by atoms with Crippen molar-refractivity contribution < 1.29 is 14.5 Å². The van der Waals surface area contributed by atoms with Crippen molar-refractivity contribution in [3.63, 3.8) is 0 Å². The molecule has 86 valence electrons. The molecule has 0 bridgehead atoms. The highest BCUT2D eigenvalue weighted by Gasteiger charge is 2.18. The number of aromatic nitrogens is 1. The molecule has 1 aromatic rings. The van der Waals surface area contributed by atoms with E-state index in [4.69, 9.17) is 0 Å². The van der Waals surface area contributed by atoms with E-state index in [9.17, 15) is 14.9 Å². The lowest BCUT2D eigenvalue weighted by Crippen LogP contribution is -2.27. The summed E-state index contributed by atoms with van der Waals surface area (Å²) in [6, 6.07) is 0.767. The van der Waals surface area contributed by atoms with Gasteiger partial charge in [-0.25, -0.2) is 4.79 Å². The molecular weight excluding hydrogens is 214 g/mol. The zero-order valence-corrected chi connectivity index (χ0v) is 8.84. The molecule has 7 nitrogen and oxygen atoms in total. The Morgan fingerprint density at radius 2 is 2.38 bits per heavy atom. The quantitative estimate of drug-likeness (QED) is 0.466. The number of nitrogens with zero attached hydrogens (tertiary/aromatic N) is 2. The van der Waals surface area contributed by atoms with Gasteiger partial charge < -0.3 is 10.1 Å². The van der Waals surface area contributed by atoms with Gasteiger partial charge >= 0.3 is 11.7 Å². The van der Waals surface area contributed by atoms with Crippen molar-refractivity contribution in [2.45, 2.75) is 13.0 Å². The monoisotopic (exact) mass is 225 g/mol. The molecule has 7 heteroatoms. The largest absolute Gasteiger partial charge is 0.467 e. The van der Waals surface area contributed by atoms with Crippen LogP contribution in [-0.2, 0) is 9.53 Å². The third kappa shape index (κ3) is 2.66. The molecule has 0 saturated heterocycles. The van der Waals surface area contributed by atoms with Gasteiger partial charge in [-0.15, -0.1) is 0 Å². The van der Waals surface area contributed by atoms with Crippen molar-refractivity contribution in [2.24, 2.45) is 0 Å². The molecule has 0 saturated carbocycles. The fourth-order valence-electron chi connectivity index (χ4n) is 1.12. The normalized spacial score (nSPS) is 11.6. The highest BCUT2D eigenvalue weighted by molar-refractivity contribution is 5.79. The standard InChI is InChI=1S/C9H11N3O4/c1-6(9(13)16-2)11-7-3-4-10-5-8(7)12(14)15/h3-6H,1-2H3,(H,10,11). The Morgan fingerprint density at radius 1 is 1.69 bits per heavy atom. The summed E-state index contributed by atoms with van der Waals surface area (Å²) in [5, 5.41) is 13.3. The molecule has 0 aromatic carbocycles. The Morgan fingerprint density at radius 3 is 2.94 bits per heavy atom. The van der Waals surface area contributed by atoms with Crippen molar-refractivity contribution in [1.82, 2.24) is 4.98 Å². The predicted molar refractivity (Wildman–Crippen MR) is 56.0 cm³/mol. The fourth-order valence-corrected chi connectivity index (χ4v) is 1.12. The van der Waals surface area contributed by atoms with Gasteiger partial charge in [0, 0.05) is 6.20 Å². The Labute approximate surface area is 91.6 Å². The van der Waals surface area contributed by atoms with Gasteiger partial charge in [0.2, 0.25) is 0 Å². The van der Waals surface area contributed by atoms with Crippen LogP contribution in [0.15, 0.2) is 18.5 Å². The number of nitrogens with one attached hydrogen (secondary N) is 1.